The number of hydrogen-bond acceptors (Lipinski definition) is 4. The molecular formula is C26H31Cl2N5O. The first-order chi connectivity index (χ1) is 16.3. The molecule has 5 rings (SSSR count). The van der Waals surface area contributed by atoms with Gasteiger partial charge in [-0.25, -0.2) is 4.98 Å². The van der Waals surface area contributed by atoms with Crippen LogP contribution in [-0.4, -0.2) is 58.1 Å². The molecule has 3 heterocycles. The average Bonchev–Trinajstić information content (AvgIpc) is 3.49. The van der Waals surface area contributed by atoms with E-state index in [0.717, 1.165) is 54.8 Å². The topological polar surface area (TPSA) is 53.4 Å². The number of nitrogens with zero attached hydrogens (tertiary/aromatic N) is 4. The molecule has 1 aromatic heterocycles. The second-order valence-electron chi connectivity index (χ2n) is 9.66. The van der Waals surface area contributed by atoms with Crippen molar-refractivity contribution < 1.29 is 4.79 Å². The van der Waals surface area contributed by atoms with Crippen LogP contribution in [-0.2, 0) is 4.79 Å². The van der Waals surface area contributed by atoms with Crippen molar-refractivity contribution in [3.63, 3.8) is 0 Å². The van der Waals surface area contributed by atoms with Gasteiger partial charge >= 0.3 is 0 Å². The summed E-state index contributed by atoms with van der Waals surface area (Å²) in [7, 11) is 0. The van der Waals surface area contributed by atoms with E-state index in [1.807, 2.05) is 18.5 Å². The third-order valence-electron chi connectivity index (χ3n) is 7.35. The van der Waals surface area contributed by atoms with Gasteiger partial charge in [0.15, 0.2) is 0 Å². The smallest absolute Gasteiger partial charge is 0.240 e. The Labute approximate surface area is 210 Å². The van der Waals surface area contributed by atoms with Crippen LogP contribution in [0.5, 0.6) is 0 Å². The summed E-state index contributed by atoms with van der Waals surface area (Å²) in [6, 6.07) is 12.4. The molecule has 1 amide bonds. The number of halogens is 2. The Hall–Kier alpha value is -2.28. The zero-order valence-corrected chi connectivity index (χ0v) is 21.4. The maximum Gasteiger partial charge on any atom is 0.240 e. The van der Waals surface area contributed by atoms with E-state index >= 15 is 0 Å². The van der Waals surface area contributed by atoms with E-state index < -0.39 is 0 Å². The minimum absolute atomic E-state index is 0.00902. The van der Waals surface area contributed by atoms with Crippen LogP contribution in [0.15, 0.2) is 42.7 Å². The number of benzene rings is 2. The summed E-state index contributed by atoms with van der Waals surface area (Å²) in [5, 5.41) is 4.63. The van der Waals surface area contributed by atoms with Gasteiger partial charge in [0.25, 0.3) is 0 Å². The molecule has 3 aromatic rings. The number of piperazine rings is 1. The van der Waals surface area contributed by atoms with Crippen molar-refractivity contribution in [1.29, 1.82) is 0 Å². The van der Waals surface area contributed by atoms with Gasteiger partial charge in [0.1, 0.15) is 0 Å². The molecule has 0 radical (unpaired) electrons. The number of carbonyl (C=O) groups is 1. The highest BCUT2D eigenvalue weighted by molar-refractivity contribution is 6.35. The van der Waals surface area contributed by atoms with Gasteiger partial charge in [0.2, 0.25) is 5.91 Å². The van der Waals surface area contributed by atoms with Gasteiger partial charge in [-0.15, -0.1) is 0 Å². The predicted octanol–water partition coefficient (Wildman–Crippen LogP) is 5.13. The Morgan fingerprint density at radius 3 is 2.68 bits per heavy atom. The van der Waals surface area contributed by atoms with E-state index in [1.165, 1.54) is 0 Å². The molecule has 0 bridgehead atoms. The first-order valence-corrected chi connectivity index (χ1v) is 12.8. The van der Waals surface area contributed by atoms with Crippen molar-refractivity contribution in [2.75, 3.05) is 24.5 Å². The Bertz CT molecular complexity index is 1210. The van der Waals surface area contributed by atoms with Crippen LogP contribution >= 0.6 is 23.2 Å². The molecule has 2 aromatic carbocycles. The SMILES string of the molecule is CC1CN(C(=O)[C@H]2CCCN2)[C@H](C)CN1c1ccc2ncn(C(C)c3ccc(Cl)cc3Cl)c2c1. The molecule has 0 saturated carbocycles. The lowest BCUT2D eigenvalue weighted by Crippen LogP contribution is -2.60. The number of rotatable bonds is 4. The van der Waals surface area contributed by atoms with Gasteiger partial charge in [-0.2, -0.15) is 0 Å². The maximum atomic E-state index is 13.1. The summed E-state index contributed by atoms with van der Waals surface area (Å²) in [6.07, 6.45) is 3.89. The second-order valence-corrected chi connectivity index (χ2v) is 10.5. The molecule has 4 atom stereocenters. The Kier molecular flexibility index (Phi) is 6.49. The van der Waals surface area contributed by atoms with Gasteiger partial charge in [-0.1, -0.05) is 29.3 Å². The lowest BCUT2D eigenvalue weighted by atomic mass is 10.0. The summed E-state index contributed by atoms with van der Waals surface area (Å²) < 4.78 is 2.16. The minimum atomic E-state index is -0.0203. The van der Waals surface area contributed by atoms with Crippen molar-refractivity contribution in [2.45, 2.75) is 57.8 Å². The molecule has 34 heavy (non-hydrogen) atoms. The average molecular weight is 500 g/mol. The number of anilines is 1. The van der Waals surface area contributed by atoms with Gasteiger partial charge in [-0.3, -0.25) is 4.79 Å². The van der Waals surface area contributed by atoms with E-state index in [9.17, 15) is 4.79 Å². The molecule has 8 heteroatoms. The van der Waals surface area contributed by atoms with Gasteiger partial charge < -0.3 is 19.7 Å². The van der Waals surface area contributed by atoms with Crippen LogP contribution < -0.4 is 10.2 Å². The van der Waals surface area contributed by atoms with Crippen LogP contribution in [0.1, 0.15) is 45.2 Å². The van der Waals surface area contributed by atoms with Gasteiger partial charge in [0.05, 0.1) is 29.4 Å². The van der Waals surface area contributed by atoms with E-state index in [-0.39, 0.29) is 30.1 Å². The van der Waals surface area contributed by atoms with Crippen LogP contribution in [0, 0.1) is 0 Å². The van der Waals surface area contributed by atoms with Crippen molar-refractivity contribution in [2.24, 2.45) is 0 Å². The predicted molar refractivity (Wildman–Crippen MR) is 139 cm³/mol. The zero-order valence-electron chi connectivity index (χ0n) is 19.8. The molecular weight excluding hydrogens is 469 g/mol. The van der Waals surface area contributed by atoms with Crippen LogP contribution in [0.4, 0.5) is 5.69 Å². The lowest BCUT2D eigenvalue weighted by Gasteiger charge is -2.46. The Morgan fingerprint density at radius 1 is 1.12 bits per heavy atom. The molecule has 2 fully saturated rings. The van der Waals surface area contributed by atoms with Gasteiger partial charge in [0, 0.05) is 40.9 Å². The standard InChI is InChI=1S/C26H31Cl2N5O/c1-16-14-32(26(34)24-5-4-10-29-24)17(2)13-31(16)20-7-9-23-25(12-20)33(15-30-23)18(3)21-8-6-19(27)11-22(21)28/h6-9,11-12,15-18,24,29H,4-5,10,13-14H2,1-3H3/t16?,17-,18?,24-/m1/s1. The minimum Gasteiger partial charge on any atom is -0.365 e. The zero-order chi connectivity index (χ0) is 24.0. The van der Waals surface area contributed by atoms with Crippen LogP contribution in [0.2, 0.25) is 10.0 Å². The molecule has 6 nitrogen and oxygen atoms in total. The summed E-state index contributed by atoms with van der Waals surface area (Å²) in [4.78, 5) is 22.2. The number of hydrogen-bond donors (Lipinski definition) is 1. The molecule has 0 spiro atoms. The first-order valence-electron chi connectivity index (χ1n) is 12.1. The highest BCUT2D eigenvalue weighted by atomic mass is 35.5. The number of carbonyl (C=O) groups excluding carboxylic acids is 1. The summed E-state index contributed by atoms with van der Waals surface area (Å²) in [5.41, 5.74) is 4.16. The second kappa shape index (κ2) is 9.40. The number of aromatic nitrogens is 2. The quantitative estimate of drug-likeness (QED) is 0.540. The number of nitrogens with one attached hydrogen (secondary N) is 1. The van der Waals surface area contributed by atoms with Crippen molar-refractivity contribution in [3.8, 4) is 0 Å². The first kappa shape index (κ1) is 23.5. The highest BCUT2D eigenvalue weighted by Gasteiger charge is 2.36. The lowest BCUT2D eigenvalue weighted by molar-refractivity contribution is -0.136. The molecule has 0 aliphatic carbocycles. The largest absolute Gasteiger partial charge is 0.365 e. The van der Waals surface area contributed by atoms with Crippen molar-refractivity contribution in [3.05, 3.63) is 58.3 Å². The third-order valence-corrected chi connectivity index (χ3v) is 7.91. The van der Waals surface area contributed by atoms with E-state index in [2.05, 4.69) is 63.6 Å². The fourth-order valence-electron chi connectivity index (χ4n) is 5.38. The summed E-state index contributed by atoms with van der Waals surface area (Å²) in [6.45, 7) is 8.94. The molecule has 180 valence electrons. The van der Waals surface area contributed by atoms with Crippen molar-refractivity contribution in [1.82, 2.24) is 19.8 Å². The Balaban J connectivity index is 1.41. The molecule has 2 unspecified atom stereocenters. The molecule has 2 aliphatic heterocycles. The molecule has 1 N–H and O–H groups in total. The van der Waals surface area contributed by atoms with Crippen molar-refractivity contribution >= 4 is 45.8 Å². The van der Waals surface area contributed by atoms with E-state index in [1.54, 1.807) is 6.07 Å². The van der Waals surface area contributed by atoms with Crippen LogP contribution in [0.3, 0.4) is 0 Å². The third kappa shape index (κ3) is 4.28. The summed E-state index contributed by atoms with van der Waals surface area (Å²) in [5.74, 6) is 0.249. The molecule has 2 aliphatic rings. The van der Waals surface area contributed by atoms with Crippen LogP contribution in [0.25, 0.3) is 11.0 Å². The fraction of sp³-hybridized carbons (Fsp3) is 0.462. The molecule has 2 saturated heterocycles. The van der Waals surface area contributed by atoms with E-state index in [0.29, 0.717) is 10.0 Å². The number of fused-ring (bicyclic) bond motifs is 1. The van der Waals surface area contributed by atoms with E-state index in [4.69, 9.17) is 23.2 Å². The van der Waals surface area contributed by atoms with Gasteiger partial charge in [-0.05, 0) is 76.1 Å². The Morgan fingerprint density at radius 2 is 1.94 bits per heavy atom. The highest BCUT2D eigenvalue weighted by Crippen LogP contribution is 2.33. The summed E-state index contributed by atoms with van der Waals surface area (Å²) >= 11 is 12.6. The maximum absolute atomic E-state index is 13.1. The fourth-order valence-corrected chi connectivity index (χ4v) is 5.95. The number of imidazole rings is 1. The monoisotopic (exact) mass is 499 g/mol. The number of amides is 1. The normalized spacial score (nSPS) is 24.1.